The van der Waals surface area contributed by atoms with Gasteiger partial charge in [0, 0.05) is 55.2 Å². The standard InChI is InChI=1S/C23H28ClN5O/c1-3-16-14-26-22-20(16)21(24)19(15-27-22)17-7-5-8-18(13-17)29-11-6-10-28(23(29)30)12-9-25-4-2/h5,7-8,13-15,25H,3-4,6,9-12H2,1-2H3,(H,26,27). The van der Waals surface area contributed by atoms with Crippen molar-refractivity contribution in [2.75, 3.05) is 37.6 Å². The highest BCUT2D eigenvalue weighted by atomic mass is 35.5. The van der Waals surface area contributed by atoms with Gasteiger partial charge in [-0.25, -0.2) is 9.78 Å². The van der Waals surface area contributed by atoms with Gasteiger partial charge in [-0.2, -0.15) is 0 Å². The van der Waals surface area contributed by atoms with Crippen LogP contribution in [-0.2, 0) is 6.42 Å². The molecule has 1 aliphatic heterocycles. The fourth-order valence-corrected chi connectivity index (χ4v) is 4.43. The van der Waals surface area contributed by atoms with E-state index >= 15 is 0 Å². The molecule has 1 fully saturated rings. The van der Waals surface area contributed by atoms with Crippen LogP contribution in [0.1, 0.15) is 25.8 Å². The van der Waals surface area contributed by atoms with E-state index in [2.05, 4.69) is 29.1 Å². The van der Waals surface area contributed by atoms with Crippen molar-refractivity contribution in [2.24, 2.45) is 0 Å². The number of aromatic amines is 1. The Labute approximate surface area is 182 Å². The summed E-state index contributed by atoms with van der Waals surface area (Å²) in [6.07, 6.45) is 5.62. The molecule has 0 unspecified atom stereocenters. The van der Waals surface area contributed by atoms with Crippen LogP contribution >= 0.6 is 11.6 Å². The van der Waals surface area contributed by atoms with Gasteiger partial charge in [0.15, 0.2) is 0 Å². The van der Waals surface area contributed by atoms with E-state index in [1.54, 1.807) is 6.20 Å². The molecule has 3 aromatic rings. The SMILES string of the molecule is CCNCCN1CCCN(c2cccc(-c3cnc4[nH]cc(CC)c4c3Cl)c2)C1=O. The van der Waals surface area contributed by atoms with Crippen molar-refractivity contribution in [2.45, 2.75) is 26.7 Å². The number of nitrogens with one attached hydrogen (secondary N) is 2. The van der Waals surface area contributed by atoms with E-state index in [1.165, 1.54) is 0 Å². The number of H-pyrrole nitrogens is 1. The lowest BCUT2D eigenvalue weighted by Gasteiger charge is -2.36. The number of anilines is 1. The van der Waals surface area contributed by atoms with Crippen molar-refractivity contribution in [3.63, 3.8) is 0 Å². The number of hydrogen-bond acceptors (Lipinski definition) is 3. The van der Waals surface area contributed by atoms with Crippen LogP contribution in [0.2, 0.25) is 5.02 Å². The molecule has 4 rings (SSSR count). The van der Waals surface area contributed by atoms with Gasteiger partial charge in [-0.3, -0.25) is 4.90 Å². The summed E-state index contributed by atoms with van der Waals surface area (Å²) in [4.78, 5) is 24.6. The third-order valence-corrected chi connectivity index (χ3v) is 6.08. The molecular formula is C23H28ClN5O. The van der Waals surface area contributed by atoms with E-state index < -0.39 is 0 Å². The average molecular weight is 426 g/mol. The minimum absolute atomic E-state index is 0.0647. The summed E-state index contributed by atoms with van der Waals surface area (Å²) < 4.78 is 0. The Kier molecular flexibility index (Phi) is 6.25. The zero-order valence-corrected chi connectivity index (χ0v) is 18.3. The highest BCUT2D eigenvalue weighted by Gasteiger charge is 2.26. The lowest BCUT2D eigenvalue weighted by atomic mass is 10.0. The van der Waals surface area contributed by atoms with Crippen molar-refractivity contribution in [1.29, 1.82) is 0 Å². The second-order valence-corrected chi connectivity index (χ2v) is 7.93. The summed E-state index contributed by atoms with van der Waals surface area (Å²) >= 11 is 6.81. The lowest BCUT2D eigenvalue weighted by Crippen LogP contribution is -2.51. The number of likely N-dealkylation sites (N-methyl/N-ethyl adjacent to an activating group) is 1. The average Bonchev–Trinajstić information content (AvgIpc) is 3.20. The molecule has 1 aliphatic rings. The van der Waals surface area contributed by atoms with Gasteiger partial charge in [-0.05, 0) is 42.6 Å². The first-order valence-electron chi connectivity index (χ1n) is 10.7. The predicted molar refractivity (Wildman–Crippen MR) is 123 cm³/mol. The largest absolute Gasteiger partial charge is 0.346 e. The van der Waals surface area contributed by atoms with Crippen molar-refractivity contribution in [3.05, 3.63) is 47.2 Å². The summed E-state index contributed by atoms with van der Waals surface area (Å²) in [5.41, 5.74) is 4.70. The number of urea groups is 1. The third-order valence-electron chi connectivity index (χ3n) is 5.69. The minimum Gasteiger partial charge on any atom is -0.346 e. The second-order valence-electron chi connectivity index (χ2n) is 7.56. The first kappa shape index (κ1) is 20.7. The molecule has 1 saturated heterocycles. The molecule has 2 N–H and O–H groups in total. The van der Waals surface area contributed by atoms with Crippen LogP contribution in [0.25, 0.3) is 22.2 Å². The number of pyridine rings is 1. The fourth-order valence-electron chi connectivity index (χ4n) is 4.06. The molecule has 0 saturated carbocycles. The van der Waals surface area contributed by atoms with Crippen LogP contribution in [0.5, 0.6) is 0 Å². The monoisotopic (exact) mass is 425 g/mol. The molecule has 0 bridgehead atoms. The molecule has 0 atom stereocenters. The van der Waals surface area contributed by atoms with Crippen LogP contribution < -0.4 is 10.2 Å². The Balaban J connectivity index is 1.64. The number of aromatic nitrogens is 2. The zero-order valence-electron chi connectivity index (χ0n) is 17.5. The summed E-state index contributed by atoms with van der Waals surface area (Å²) in [5.74, 6) is 0. The topological polar surface area (TPSA) is 64.3 Å². The number of carbonyl (C=O) groups is 1. The van der Waals surface area contributed by atoms with Gasteiger partial charge in [-0.1, -0.05) is 37.6 Å². The van der Waals surface area contributed by atoms with Crippen LogP contribution in [0.15, 0.2) is 36.7 Å². The first-order chi connectivity index (χ1) is 14.6. The molecule has 3 heterocycles. The van der Waals surface area contributed by atoms with Crippen LogP contribution in [0, 0.1) is 0 Å². The number of carbonyl (C=O) groups excluding carboxylic acids is 1. The van der Waals surface area contributed by atoms with Gasteiger partial charge < -0.3 is 15.2 Å². The number of halogens is 1. The van der Waals surface area contributed by atoms with Crippen LogP contribution in [0.3, 0.4) is 0 Å². The Morgan fingerprint density at radius 1 is 1.27 bits per heavy atom. The van der Waals surface area contributed by atoms with Gasteiger partial charge in [-0.15, -0.1) is 0 Å². The maximum absolute atomic E-state index is 13.0. The molecular weight excluding hydrogens is 398 g/mol. The van der Waals surface area contributed by atoms with Gasteiger partial charge in [0.05, 0.1) is 5.02 Å². The molecule has 30 heavy (non-hydrogen) atoms. The minimum atomic E-state index is 0.0647. The number of amides is 2. The number of fused-ring (bicyclic) bond motifs is 1. The quantitative estimate of drug-likeness (QED) is 0.540. The van der Waals surface area contributed by atoms with E-state index in [0.29, 0.717) is 5.02 Å². The molecule has 7 heteroatoms. The highest BCUT2D eigenvalue weighted by molar-refractivity contribution is 6.38. The van der Waals surface area contributed by atoms with Crippen molar-refractivity contribution < 1.29 is 4.79 Å². The molecule has 1 aromatic carbocycles. The van der Waals surface area contributed by atoms with E-state index in [9.17, 15) is 4.79 Å². The number of benzene rings is 1. The van der Waals surface area contributed by atoms with Crippen molar-refractivity contribution in [1.82, 2.24) is 20.2 Å². The molecule has 0 aliphatic carbocycles. The normalized spacial score (nSPS) is 14.7. The van der Waals surface area contributed by atoms with E-state index in [0.717, 1.165) is 79.0 Å². The maximum atomic E-state index is 13.0. The zero-order chi connectivity index (χ0) is 21.1. The van der Waals surface area contributed by atoms with Crippen LogP contribution in [-0.4, -0.2) is 53.6 Å². The summed E-state index contributed by atoms with van der Waals surface area (Å²) in [6, 6.07) is 8.10. The third kappa shape index (κ3) is 3.89. The highest BCUT2D eigenvalue weighted by Crippen LogP contribution is 2.36. The van der Waals surface area contributed by atoms with Crippen molar-refractivity contribution in [3.8, 4) is 11.1 Å². The second kappa shape index (κ2) is 9.06. The van der Waals surface area contributed by atoms with Crippen LogP contribution in [0.4, 0.5) is 10.5 Å². The molecule has 2 aromatic heterocycles. The Bertz CT molecular complexity index is 1050. The van der Waals surface area contributed by atoms with Gasteiger partial charge in [0.1, 0.15) is 5.65 Å². The molecule has 0 radical (unpaired) electrons. The van der Waals surface area contributed by atoms with Crippen molar-refractivity contribution >= 4 is 34.4 Å². The first-order valence-corrected chi connectivity index (χ1v) is 11.0. The maximum Gasteiger partial charge on any atom is 0.324 e. The smallest absolute Gasteiger partial charge is 0.324 e. The van der Waals surface area contributed by atoms with Gasteiger partial charge in [0.2, 0.25) is 0 Å². The number of rotatable bonds is 7. The lowest BCUT2D eigenvalue weighted by molar-refractivity contribution is 0.195. The Morgan fingerprint density at radius 3 is 2.93 bits per heavy atom. The van der Waals surface area contributed by atoms with E-state index in [-0.39, 0.29) is 6.03 Å². The summed E-state index contributed by atoms with van der Waals surface area (Å²) in [7, 11) is 0. The fraction of sp³-hybridized carbons (Fsp3) is 0.391. The molecule has 6 nitrogen and oxygen atoms in total. The molecule has 2 amide bonds. The number of hydrogen-bond donors (Lipinski definition) is 2. The molecule has 0 spiro atoms. The van der Waals surface area contributed by atoms with E-state index in [4.69, 9.17) is 11.6 Å². The predicted octanol–water partition coefficient (Wildman–Crippen LogP) is 4.69. The Hall–Kier alpha value is -2.57. The van der Waals surface area contributed by atoms with Gasteiger partial charge in [0.25, 0.3) is 0 Å². The molecule has 158 valence electrons. The Morgan fingerprint density at radius 2 is 2.13 bits per heavy atom. The summed E-state index contributed by atoms with van der Waals surface area (Å²) in [6.45, 7) is 8.16. The van der Waals surface area contributed by atoms with E-state index in [1.807, 2.05) is 40.3 Å². The van der Waals surface area contributed by atoms with Gasteiger partial charge >= 0.3 is 6.03 Å². The number of aryl methyl sites for hydroxylation is 1. The number of nitrogens with zero attached hydrogens (tertiary/aromatic N) is 3. The summed E-state index contributed by atoms with van der Waals surface area (Å²) in [5, 5.41) is 4.97.